The molecule has 3 N–H and O–H groups in total. The molecule has 0 aliphatic carbocycles. The fourth-order valence-electron chi connectivity index (χ4n) is 1.99. The summed E-state index contributed by atoms with van der Waals surface area (Å²) < 4.78 is 5.80. The molecule has 0 spiro atoms. The molecule has 1 aromatic rings. The van der Waals surface area contributed by atoms with Crippen molar-refractivity contribution in [1.29, 1.82) is 0 Å². The highest BCUT2D eigenvalue weighted by molar-refractivity contribution is 5.36. The van der Waals surface area contributed by atoms with Crippen LogP contribution < -0.4 is 16.0 Å². The molecular weight excluding hydrogens is 224 g/mol. The maximum absolute atomic E-state index is 5.80. The fraction of sp³-hybridized carbons (Fsp3) is 0.600. The van der Waals surface area contributed by atoms with Crippen molar-refractivity contribution >= 4 is 0 Å². The zero-order chi connectivity index (χ0) is 13.5. The van der Waals surface area contributed by atoms with Crippen molar-refractivity contribution in [1.82, 2.24) is 5.43 Å². The smallest absolute Gasteiger partial charge is 0.124 e. The number of ether oxygens (including phenoxy) is 1. The lowest BCUT2D eigenvalue weighted by Gasteiger charge is -2.28. The third-order valence-corrected chi connectivity index (χ3v) is 3.47. The van der Waals surface area contributed by atoms with E-state index in [1.54, 1.807) is 0 Å². The third-order valence-electron chi connectivity index (χ3n) is 3.47. The van der Waals surface area contributed by atoms with E-state index in [0.29, 0.717) is 11.8 Å². The standard InChI is InChI=1S/C15H26N2O/c1-5-10-18-14-9-7-6-8-13(14)15(17-16)12(4)11(2)3/h6-9,11-12,15,17H,5,10,16H2,1-4H3. The number of hydrogen-bond acceptors (Lipinski definition) is 3. The van der Waals surface area contributed by atoms with Gasteiger partial charge in [-0.05, 0) is 24.3 Å². The topological polar surface area (TPSA) is 47.3 Å². The van der Waals surface area contributed by atoms with Crippen LogP contribution in [0.4, 0.5) is 0 Å². The number of rotatable bonds is 7. The first-order chi connectivity index (χ1) is 8.61. The van der Waals surface area contributed by atoms with Gasteiger partial charge in [-0.2, -0.15) is 0 Å². The Bertz CT molecular complexity index is 352. The number of para-hydroxylation sites is 1. The molecule has 0 amide bonds. The first-order valence-corrected chi connectivity index (χ1v) is 6.79. The minimum Gasteiger partial charge on any atom is -0.493 e. The summed E-state index contributed by atoms with van der Waals surface area (Å²) in [6, 6.07) is 8.27. The van der Waals surface area contributed by atoms with Crippen LogP contribution in [0.3, 0.4) is 0 Å². The van der Waals surface area contributed by atoms with Crippen LogP contribution in [0.2, 0.25) is 0 Å². The lowest BCUT2D eigenvalue weighted by atomic mass is 9.86. The molecule has 3 nitrogen and oxygen atoms in total. The average Bonchev–Trinajstić information content (AvgIpc) is 2.38. The minimum absolute atomic E-state index is 0.123. The Kier molecular flexibility index (Phi) is 6.16. The molecule has 0 bridgehead atoms. The van der Waals surface area contributed by atoms with Crippen LogP contribution in [0, 0.1) is 11.8 Å². The lowest BCUT2D eigenvalue weighted by molar-refractivity contribution is 0.279. The molecule has 3 heteroatoms. The second-order valence-corrected chi connectivity index (χ2v) is 5.13. The van der Waals surface area contributed by atoms with Gasteiger partial charge in [-0.15, -0.1) is 0 Å². The van der Waals surface area contributed by atoms with Gasteiger partial charge in [0.15, 0.2) is 0 Å². The second kappa shape index (κ2) is 7.39. The molecular formula is C15H26N2O. The molecule has 18 heavy (non-hydrogen) atoms. The number of hydrogen-bond donors (Lipinski definition) is 2. The second-order valence-electron chi connectivity index (χ2n) is 5.13. The van der Waals surface area contributed by atoms with Gasteiger partial charge in [-0.25, -0.2) is 0 Å². The lowest BCUT2D eigenvalue weighted by Crippen LogP contribution is -2.34. The molecule has 102 valence electrons. The van der Waals surface area contributed by atoms with Crippen molar-refractivity contribution in [2.45, 2.75) is 40.2 Å². The SMILES string of the molecule is CCCOc1ccccc1C(NN)C(C)C(C)C. The van der Waals surface area contributed by atoms with Gasteiger partial charge < -0.3 is 4.74 Å². The molecule has 0 heterocycles. The van der Waals surface area contributed by atoms with Crippen LogP contribution >= 0.6 is 0 Å². The summed E-state index contributed by atoms with van der Waals surface area (Å²) in [6.07, 6.45) is 1.01. The van der Waals surface area contributed by atoms with Crippen molar-refractivity contribution in [3.63, 3.8) is 0 Å². The van der Waals surface area contributed by atoms with Crippen molar-refractivity contribution in [3.8, 4) is 5.75 Å². The van der Waals surface area contributed by atoms with Crippen LogP contribution in [0.5, 0.6) is 5.75 Å². The van der Waals surface area contributed by atoms with E-state index in [1.807, 2.05) is 18.2 Å². The Morgan fingerprint density at radius 2 is 1.89 bits per heavy atom. The Morgan fingerprint density at radius 3 is 2.44 bits per heavy atom. The number of nitrogens with one attached hydrogen (secondary N) is 1. The molecule has 0 aliphatic rings. The van der Waals surface area contributed by atoms with Crippen LogP contribution in [-0.4, -0.2) is 6.61 Å². The highest BCUT2D eigenvalue weighted by Gasteiger charge is 2.23. The molecule has 0 aliphatic heterocycles. The normalized spacial score (nSPS) is 14.6. The van der Waals surface area contributed by atoms with E-state index in [4.69, 9.17) is 10.6 Å². The van der Waals surface area contributed by atoms with Gasteiger partial charge in [-0.3, -0.25) is 11.3 Å². The summed E-state index contributed by atoms with van der Waals surface area (Å²) in [6.45, 7) is 9.49. The molecule has 2 atom stereocenters. The zero-order valence-electron chi connectivity index (χ0n) is 11.9. The van der Waals surface area contributed by atoms with E-state index in [0.717, 1.165) is 24.3 Å². The first kappa shape index (κ1) is 15.0. The zero-order valence-corrected chi connectivity index (χ0v) is 11.9. The Hall–Kier alpha value is -1.06. The summed E-state index contributed by atoms with van der Waals surface area (Å²) in [5.74, 6) is 7.68. The molecule has 2 unspecified atom stereocenters. The van der Waals surface area contributed by atoms with Crippen molar-refractivity contribution in [3.05, 3.63) is 29.8 Å². The van der Waals surface area contributed by atoms with E-state index in [1.165, 1.54) is 0 Å². The largest absolute Gasteiger partial charge is 0.493 e. The monoisotopic (exact) mass is 250 g/mol. The van der Waals surface area contributed by atoms with E-state index in [-0.39, 0.29) is 6.04 Å². The van der Waals surface area contributed by atoms with Crippen molar-refractivity contribution < 1.29 is 4.74 Å². The van der Waals surface area contributed by atoms with Crippen LogP contribution in [0.1, 0.15) is 45.7 Å². The minimum atomic E-state index is 0.123. The molecule has 0 radical (unpaired) electrons. The number of nitrogens with two attached hydrogens (primary N) is 1. The summed E-state index contributed by atoms with van der Waals surface area (Å²) in [5.41, 5.74) is 4.08. The van der Waals surface area contributed by atoms with Gasteiger partial charge in [0.05, 0.1) is 12.6 Å². The van der Waals surface area contributed by atoms with E-state index >= 15 is 0 Å². The van der Waals surface area contributed by atoms with Crippen LogP contribution in [0.15, 0.2) is 24.3 Å². The highest BCUT2D eigenvalue weighted by atomic mass is 16.5. The summed E-state index contributed by atoms with van der Waals surface area (Å²) in [5, 5.41) is 0. The van der Waals surface area contributed by atoms with Gasteiger partial charge >= 0.3 is 0 Å². The Balaban J connectivity index is 2.97. The molecule has 0 aromatic heterocycles. The van der Waals surface area contributed by atoms with Gasteiger partial charge in [0.2, 0.25) is 0 Å². The van der Waals surface area contributed by atoms with Gasteiger partial charge in [-0.1, -0.05) is 45.9 Å². The van der Waals surface area contributed by atoms with Crippen LogP contribution in [-0.2, 0) is 0 Å². The number of benzene rings is 1. The maximum Gasteiger partial charge on any atom is 0.124 e. The number of hydrazine groups is 1. The maximum atomic E-state index is 5.80. The van der Waals surface area contributed by atoms with E-state index in [2.05, 4.69) is 39.2 Å². The molecule has 1 rings (SSSR count). The molecule has 0 fully saturated rings. The predicted octanol–water partition coefficient (Wildman–Crippen LogP) is 3.27. The molecule has 0 saturated heterocycles. The van der Waals surface area contributed by atoms with Crippen molar-refractivity contribution in [2.24, 2.45) is 17.7 Å². The third kappa shape index (κ3) is 3.72. The Labute approximate surface area is 111 Å². The highest BCUT2D eigenvalue weighted by Crippen LogP contribution is 2.32. The Morgan fingerprint density at radius 1 is 1.22 bits per heavy atom. The summed E-state index contributed by atoms with van der Waals surface area (Å²) in [4.78, 5) is 0. The average molecular weight is 250 g/mol. The molecule has 1 aromatic carbocycles. The summed E-state index contributed by atoms with van der Waals surface area (Å²) in [7, 11) is 0. The van der Waals surface area contributed by atoms with Gasteiger partial charge in [0, 0.05) is 5.56 Å². The van der Waals surface area contributed by atoms with Crippen molar-refractivity contribution in [2.75, 3.05) is 6.61 Å². The van der Waals surface area contributed by atoms with Crippen LogP contribution in [0.25, 0.3) is 0 Å². The van der Waals surface area contributed by atoms with E-state index in [9.17, 15) is 0 Å². The fourth-order valence-corrected chi connectivity index (χ4v) is 1.99. The van der Waals surface area contributed by atoms with Gasteiger partial charge in [0.1, 0.15) is 5.75 Å². The first-order valence-electron chi connectivity index (χ1n) is 6.79. The quantitative estimate of drug-likeness (QED) is 0.577. The molecule has 0 saturated carbocycles. The predicted molar refractivity (Wildman–Crippen MR) is 76.3 cm³/mol. The van der Waals surface area contributed by atoms with Gasteiger partial charge in [0.25, 0.3) is 0 Å². The summed E-state index contributed by atoms with van der Waals surface area (Å²) >= 11 is 0. The van der Waals surface area contributed by atoms with E-state index < -0.39 is 0 Å².